The van der Waals surface area contributed by atoms with Crippen molar-refractivity contribution < 1.29 is 17.9 Å². The highest BCUT2D eigenvalue weighted by Crippen LogP contribution is 2.15. The van der Waals surface area contributed by atoms with E-state index in [1.54, 1.807) is 18.2 Å². The molecule has 0 aliphatic heterocycles. The molecular formula is C21H28N2O4S. The van der Waals surface area contributed by atoms with E-state index in [0.29, 0.717) is 6.54 Å². The third-order valence-electron chi connectivity index (χ3n) is 4.22. The molecule has 0 unspecified atom stereocenters. The Balaban J connectivity index is 1.78. The first-order chi connectivity index (χ1) is 13.2. The van der Waals surface area contributed by atoms with Gasteiger partial charge in [0, 0.05) is 19.5 Å². The van der Waals surface area contributed by atoms with Crippen LogP contribution >= 0.6 is 0 Å². The Morgan fingerprint density at radius 2 is 1.71 bits per heavy atom. The van der Waals surface area contributed by atoms with E-state index in [-0.39, 0.29) is 29.9 Å². The topological polar surface area (TPSA) is 84.5 Å². The molecule has 0 saturated heterocycles. The number of amides is 1. The van der Waals surface area contributed by atoms with Gasteiger partial charge in [-0.3, -0.25) is 4.79 Å². The number of carbonyl (C=O) groups is 1. The maximum Gasteiger partial charge on any atom is 0.240 e. The van der Waals surface area contributed by atoms with Crippen LogP contribution in [0.15, 0.2) is 47.4 Å². The molecule has 152 valence electrons. The van der Waals surface area contributed by atoms with Crippen molar-refractivity contribution in [3.8, 4) is 5.75 Å². The maximum atomic E-state index is 12.3. The second-order valence-corrected chi connectivity index (χ2v) is 8.75. The molecule has 0 bridgehead atoms. The van der Waals surface area contributed by atoms with E-state index in [2.05, 4.69) is 10.0 Å². The van der Waals surface area contributed by atoms with Gasteiger partial charge in [-0.2, -0.15) is 0 Å². The summed E-state index contributed by atoms with van der Waals surface area (Å²) in [5.41, 5.74) is 2.88. The second-order valence-electron chi connectivity index (χ2n) is 6.98. The van der Waals surface area contributed by atoms with Crippen molar-refractivity contribution in [1.29, 1.82) is 0 Å². The van der Waals surface area contributed by atoms with Gasteiger partial charge in [0.2, 0.25) is 15.9 Å². The smallest absolute Gasteiger partial charge is 0.240 e. The summed E-state index contributed by atoms with van der Waals surface area (Å²) in [6, 6.07) is 12.5. The number of sulfonamides is 1. The molecule has 2 aromatic rings. The molecule has 0 heterocycles. The molecule has 0 saturated carbocycles. The van der Waals surface area contributed by atoms with E-state index in [0.717, 1.165) is 22.4 Å². The Morgan fingerprint density at radius 1 is 1.04 bits per heavy atom. The van der Waals surface area contributed by atoms with Gasteiger partial charge in [-0.15, -0.1) is 0 Å². The molecule has 0 radical (unpaired) electrons. The van der Waals surface area contributed by atoms with Gasteiger partial charge in [-0.25, -0.2) is 13.1 Å². The predicted octanol–water partition coefficient (Wildman–Crippen LogP) is 3.08. The maximum absolute atomic E-state index is 12.3. The minimum Gasteiger partial charge on any atom is -0.491 e. The van der Waals surface area contributed by atoms with Crippen LogP contribution in [0.5, 0.6) is 5.75 Å². The van der Waals surface area contributed by atoms with Gasteiger partial charge in [0.1, 0.15) is 5.75 Å². The third-order valence-corrected chi connectivity index (χ3v) is 5.68. The Hall–Kier alpha value is -2.38. The zero-order chi connectivity index (χ0) is 20.7. The third kappa shape index (κ3) is 6.65. The van der Waals surface area contributed by atoms with Crippen LogP contribution in [0, 0.1) is 13.8 Å². The fourth-order valence-corrected chi connectivity index (χ4v) is 3.63. The molecule has 0 aliphatic carbocycles. The van der Waals surface area contributed by atoms with Crippen molar-refractivity contribution in [3.63, 3.8) is 0 Å². The molecule has 0 atom stereocenters. The van der Waals surface area contributed by atoms with Gasteiger partial charge in [-0.05, 0) is 68.7 Å². The molecule has 2 aromatic carbocycles. The van der Waals surface area contributed by atoms with E-state index in [1.165, 1.54) is 0 Å². The van der Waals surface area contributed by atoms with Crippen LogP contribution < -0.4 is 14.8 Å². The number of nitrogens with one attached hydrogen (secondary N) is 2. The molecule has 0 spiro atoms. The summed E-state index contributed by atoms with van der Waals surface area (Å²) in [5.74, 6) is 0.566. The Kier molecular flexibility index (Phi) is 7.60. The van der Waals surface area contributed by atoms with Crippen LogP contribution in [0.3, 0.4) is 0 Å². The number of ether oxygens (including phenoxy) is 1. The molecule has 7 heteroatoms. The van der Waals surface area contributed by atoms with Gasteiger partial charge in [0.15, 0.2) is 0 Å². The van der Waals surface area contributed by atoms with Crippen molar-refractivity contribution in [3.05, 3.63) is 59.2 Å². The molecule has 28 heavy (non-hydrogen) atoms. The lowest BCUT2D eigenvalue weighted by Crippen LogP contribution is -2.30. The first-order valence-electron chi connectivity index (χ1n) is 9.26. The highest BCUT2D eigenvalue weighted by molar-refractivity contribution is 7.89. The fraction of sp³-hybridized carbons (Fsp3) is 0.381. The van der Waals surface area contributed by atoms with Crippen LogP contribution in [-0.4, -0.2) is 27.0 Å². The minimum atomic E-state index is -3.62. The van der Waals surface area contributed by atoms with Gasteiger partial charge >= 0.3 is 0 Å². The summed E-state index contributed by atoms with van der Waals surface area (Å²) in [4.78, 5) is 12.2. The van der Waals surface area contributed by atoms with Crippen molar-refractivity contribution in [2.75, 3.05) is 6.54 Å². The monoisotopic (exact) mass is 404 g/mol. The first-order valence-corrected chi connectivity index (χ1v) is 10.7. The standard InChI is InChI=1S/C21H28N2O4S/c1-15(2)27-19-8-6-18(7-9-19)14-22-21(24)11-12-23-28(25,26)20-10-5-16(3)17(4)13-20/h5-10,13,15,23H,11-12,14H2,1-4H3,(H,22,24). The van der Waals surface area contributed by atoms with Crippen LogP contribution in [0.1, 0.15) is 37.0 Å². The summed E-state index contributed by atoms with van der Waals surface area (Å²) in [6.45, 7) is 8.13. The minimum absolute atomic E-state index is 0.0439. The van der Waals surface area contributed by atoms with E-state index in [9.17, 15) is 13.2 Å². The molecule has 0 aliphatic rings. The average molecular weight is 405 g/mol. The lowest BCUT2D eigenvalue weighted by Gasteiger charge is -2.11. The zero-order valence-electron chi connectivity index (χ0n) is 16.8. The van der Waals surface area contributed by atoms with Crippen molar-refractivity contribution in [2.45, 2.75) is 51.7 Å². The summed E-state index contributed by atoms with van der Waals surface area (Å²) < 4.78 is 32.7. The largest absolute Gasteiger partial charge is 0.491 e. The van der Waals surface area contributed by atoms with Gasteiger partial charge in [0.25, 0.3) is 0 Å². The van der Waals surface area contributed by atoms with E-state index >= 15 is 0 Å². The van der Waals surface area contributed by atoms with Gasteiger partial charge < -0.3 is 10.1 Å². The van der Waals surface area contributed by atoms with Gasteiger partial charge in [-0.1, -0.05) is 18.2 Å². The highest BCUT2D eigenvalue weighted by atomic mass is 32.2. The summed E-state index contributed by atoms with van der Waals surface area (Å²) in [6.07, 6.45) is 0.177. The van der Waals surface area contributed by atoms with Crippen LogP contribution in [0.4, 0.5) is 0 Å². The van der Waals surface area contributed by atoms with Crippen molar-refractivity contribution in [1.82, 2.24) is 10.0 Å². The molecule has 0 aromatic heterocycles. The lowest BCUT2D eigenvalue weighted by atomic mass is 10.1. The Morgan fingerprint density at radius 3 is 2.32 bits per heavy atom. The molecule has 2 rings (SSSR count). The second kappa shape index (κ2) is 9.71. The van der Waals surface area contributed by atoms with Gasteiger partial charge in [0.05, 0.1) is 11.0 Å². The molecular weight excluding hydrogens is 376 g/mol. The normalized spacial score (nSPS) is 11.5. The van der Waals surface area contributed by atoms with Crippen molar-refractivity contribution >= 4 is 15.9 Å². The predicted molar refractivity (Wildman–Crippen MR) is 110 cm³/mol. The van der Waals surface area contributed by atoms with Crippen LogP contribution in [-0.2, 0) is 21.4 Å². The van der Waals surface area contributed by atoms with Crippen LogP contribution in [0.25, 0.3) is 0 Å². The fourth-order valence-electron chi connectivity index (χ4n) is 2.51. The number of hydrogen-bond donors (Lipinski definition) is 2. The lowest BCUT2D eigenvalue weighted by molar-refractivity contribution is -0.121. The Labute approximate surface area is 167 Å². The summed E-state index contributed by atoms with van der Waals surface area (Å²) in [5, 5.41) is 2.79. The number of benzene rings is 2. The molecule has 0 fully saturated rings. The number of aryl methyl sites for hydroxylation is 2. The number of carbonyl (C=O) groups excluding carboxylic acids is 1. The molecule has 6 nitrogen and oxygen atoms in total. The molecule has 1 amide bonds. The SMILES string of the molecule is Cc1ccc(S(=O)(=O)NCCC(=O)NCc2ccc(OC(C)C)cc2)cc1C. The molecule has 2 N–H and O–H groups in total. The Bertz CT molecular complexity index is 907. The van der Waals surface area contributed by atoms with E-state index in [1.807, 2.05) is 52.0 Å². The van der Waals surface area contributed by atoms with E-state index in [4.69, 9.17) is 4.74 Å². The zero-order valence-corrected chi connectivity index (χ0v) is 17.6. The summed E-state index contributed by atoms with van der Waals surface area (Å²) in [7, 11) is -3.62. The average Bonchev–Trinajstić information content (AvgIpc) is 2.62. The van der Waals surface area contributed by atoms with Crippen molar-refractivity contribution in [2.24, 2.45) is 0 Å². The van der Waals surface area contributed by atoms with Crippen LogP contribution in [0.2, 0.25) is 0 Å². The number of hydrogen-bond acceptors (Lipinski definition) is 4. The quantitative estimate of drug-likeness (QED) is 0.673. The first kappa shape index (κ1) is 21.9. The highest BCUT2D eigenvalue weighted by Gasteiger charge is 2.14. The van der Waals surface area contributed by atoms with E-state index < -0.39 is 10.0 Å². The number of rotatable bonds is 9. The summed E-state index contributed by atoms with van der Waals surface area (Å²) >= 11 is 0.